The molecule has 0 aliphatic heterocycles. The highest BCUT2D eigenvalue weighted by Crippen LogP contribution is 2.43. The van der Waals surface area contributed by atoms with Gasteiger partial charge in [-0.1, -0.05) is 70.9 Å². The lowest BCUT2D eigenvalue weighted by Crippen LogP contribution is -2.13. The van der Waals surface area contributed by atoms with E-state index in [9.17, 15) is 19.0 Å². The first-order chi connectivity index (χ1) is 13.7. The zero-order valence-electron chi connectivity index (χ0n) is 17.2. The van der Waals surface area contributed by atoms with Gasteiger partial charge in [0, 0.05) is 23.0 Å². The van der Waals surface area contributed by atoms with Crippen LogP contribution in [0.4, 0.5) is 0 Å². The van der Waals surface area contributed by atoms with Crippen molar-refractivity contribution in [3.8, 4) is 0 Å². The molecule has 0 rings (SSSR count). The second-order valence-electron chi connectivity index (χ2n) is 6.07. The Bertz CT molecular complexity index is 467. The standard InChI is InChI=1S/C16H31O8PS4/c1-13(2)15(17)21-5-9-26-28-11-7-23-25(19,20)24-8-12-29-27-10-6-22-16(18)14(3)4/h13-14H,5-12H2,1-4H3,(H,19,20). The SMILES string of the molecule is CC(C)C(=O)OCCSSCCOP(=O)(O)OCCSSCCOC(=O)C(C)C. The molecule has 0 fully saturated rings. The number of ether oxygens (including phenoxy) is 2. The lowest BCUT2D eigenvalue weighted by molar-refractivity contribution is -0.147. The molecule has 0 heterocycles. The molecule has 0 aromatic heterocycles. The first kappa shape index (κ1) is 29.5. The van der Waals surface area contributed by atoms with E-state index in [4.69, 9.17) is 18.5 Å². The Labute approximate surface area is 189 Å². The molecule has 172 valence electrons. The zero-order valence-corrected chi connectivity index (χ0v) is 21.4. The minimum absolute atomic E-state index is 0.0837. The number of rotatable bonds is 18. The largest absolute Gasteiger partial charge is 0.472 e. The van der Waals surface area contributed by atoms with Gasteiger partial charge in [-0.25, -0.2) is 4.57 Å². The van der Waals surface area contributed by atoms with Gasteiger partial charge in [0.05, 0.1) is 25.0 Å². The van der Waals surface area contributed by atoms with E-state index < -0.39 is 7.82 Å². The van der Waals surface area contributed by atoms with E-state index in [2.05, 4.69) is 0 Å². The van der Waals surface area contributed by atoms with E-state index in [-0.39, 0.29) is 37.0 Å². The van der Waals surface area contributed by atoms with Crippen molar-refractivity contribution >= 4 is 62.9 Å². The second kappa shape index (κ2) is 18.1. The van der Waals surface area contributed by atoms with Gasteiger partial charge >= 0.3 is 19.8 Å². The molecule has 8 nitrogen and oxygen atoms in total. The molecule has 0 bridgehead atoms. The molecule has 0 atom stereocenters. The Kier molecular flexibility index (Phi) is 18.3. The van der Waals surface area contributed by atoms with Crippen LogP contribution in [0.25, 0.3) is 0 Å². The molecule has 0 aliphatic carbocycles. The summed E-state index contributed by atoms with van der Waals surface area (Å²) in [5.41, 5.74) is 0. The lowest BCUT2D eigenvalue weighted by atomic mass is 10.2. The third-order valence-electron chi connectivity index (χ3n) is 2.77. The number of hydrogen-bond donors (Lipinski definition) is 1. The highest BCUT2D eigenvalue weighted by atomic mass is 33.1. The van der Waals surface area contributed by atoms with Crippen LogP contribution < -0.4 is 0 Å². The molecule has 0 spiro atoms. The van der Waals surface area contributed by atoms with Gasteiger partial charge in [0.15, 0.2) is 0 Å². The normalized spacial score (nSPS) is 11.8. The Morgan fingerprint density at radius 3 is 1.34 bits per heavy atom. The van der Waals surface area contributed by atoms with Gasteiger partial charge in [0.2, 0.25) is 0 Å². The molecule has 13 heteroatoms. The monoisotopic (exact) mass is 510 g/mol. The Hall–Kier alpha value is 0.450. The smallest absolute Gasteiger partial charge is 0.465 e. The fourth-order valence-corrected chi connectivity index (χ4v) is 5.61. The molecule has 1 N–H and O–H groups in total. The second-order valence-corrected chi connectivity index (χ2v) is 12.9. The maximum Gasteiger partial charge on any atom is 0.472 e. The maximum absolute atomic E-state index is 11.7. The van der Waals surface area contributed by atoms with Crippen LogP contribution in [-0.4, -0.2) is 66.3 Å². The van der Waals surface area contributed by atoms with Crippen LogP contribution >= 0.6 is 51.0 Å². The number of carbonyl (C=O) groups excluding carboxylic acids is 2. The summed E-state index contributed by atoms with van der Waals surface area (Å²) in [5.74, 6) is 1.60. The minimum Gasteiger partial charge on any atom is -0.465 e. The van der Waals surface area contributed by atoms with Crippen molar-refractivity contribution < 1.29 is 37.6 Å². The van der Waals surface area contributed by atoms with Gasteiger partial charge < -0.3 is 14.4 Å². The fraction of sp³-hybridized carbons (Fsp3) is 0.875. The van der Waals surface area contributed by atoms with Crippen LogP contribution in [0, 0.1) is 11.8 Å². The number of hydrogen-bond acceptors (Lipinski definition) is 11. The Morgan fingerprint density at radius 2 is 1.03 bits per heavy atom. The summed E-state index contributed by atoms with van der Waals surface area (Å²) in [4.78, 5) is 32.1. The maximum atomic E-state index is 11.7. The summed E-state index contributed by atoms with van der Waals surface area (Å²) in [6, 6.07) is 0. The van der Waals surface area contributed by atoms with E-state index >= 15 is 0 Å². The van der Waals surface area contributed by atoms with Gasteiger partial charge in [-0.05, 0) is 0 Å². The third-order valence-corrected chi connectivity index (χ3v) is 8.46. The van der Waals surface area contributed by atoms with Crippen LogP contribution in [0.15, 0.2) is 0 Å². The first-order valence-electron chi connectivity index (χ1n) is 9.09. The number of phosphoric acid groups is 1. The topological polar surface area (TPSA) is 108 Å². The highest BCUT2D eigenvalue weighted by molar-refractivity contribution is 8.77. The average molecular weight is 511 g/mol. The van der Waals surface area contributed by atoms with Crippen LogP contribution in [0.2, 0.25) is 0 Å². The van der Waals surface area contributed by atoms with Crippen molar-refractivity contribution in [2.45, 2.75) is 27.7 Å². The summed E-state index contributed by atoms with van der Waals surface area (Å²) in [7, 11) is 1.89. The van der Waals surface area contributed by atoms with Crippen molar-refractivity contribution in [3.63, 3.8) is 0 Å². The van der Waals surface area contributed by atoms with E-state index in [0.29, 0.717) is 36.2 Å². The highest BCUT2D eigenvalue weighted by Gasteiger charge is 2.20. The molecule has 0 amide bonds. The zero-order chi connectivity index (χ0) is 22.1. The van der Waals surface area contributed by atoms with Crippen molar-refractivity contribution in [1.29, 1.82) is 0 Å². The van der Waals surface area contributed by atoms with E-state index in [0.717, 1.165) is 0 Å². The summed E-state index contributed by atoms with van der Waals surface area (Å²) in [6.45, 7) is 7.96. The first-order valence-corrected chi connectivity index (χ1v) is 15.6. The van der Waals surface area contributed by atoms with E-state index in [1.807, 2.05) is 0 Å². The average Bonchev–Trinajstić information content (AvgIpc) is 2.65. The van der Waals surface area contributed by atoms with Gasteiger partial charge in [-0.2, -0.15) is 0 Å². The minimum atomic E-state index is -4.05. The molecule has 0 radical (unpaired) electrons. The molecule has 0 unspecified atom stereocenters. The van der Waals surface area contributed by atoms with Crippen LogP contribution in [-0.2, 0) is 32.7 Å². The molecular formula is C16H31O8PS4. The van der Waals surface area contributed by atoms with Crippen molar-refractivity contribution in [3.05, 3.63) is 0 Å². The van der Waals surface area contributed by atoms with Crippen molar-refractivity contribution in [2.24, 2.45) is 11.8 Å². The fourth-order valence-electron chi connectivity index (χ4n) is 1.33. The predicted molar refractivity (Wildman–Crippen MR) is 123 cm³/mol. The van der Waals surface area contributed by atoms with Gasteiger partial charge in [-0.15, -0.1) is 0 Å². The molecule has 0 aliphatic rings. The van der Waals surface area contributed by atoms with Gasteiger partial charge in [0.1, 0.15) is 13.2 Å². The molecule has 0 saturated heterocycles. The lowest BCUT2D eigenvalue weighted by Gasteiger charge is -2.12. The summed E-state index contributed by atoms with van der Waals surface area (Å²) < 4.78 is 31.6. The van der Waals surface area contributed by atoms with Gasteiger partial charge in [0.25, 0.3) is 0 Å². The quantitative estimate of drug-likeness (QED) is 0.123. The number of phosphoric ester groups is 1. The molecule has 0 aromatic rings. The molecule has 0 aromatic carbocycles. The number of esters is 2. The Morgan fingerprint density at radius 1 is 0.724 bits per heavy atom. The van der Waals surface area contributed by atoms with Gasteiger partial charge in [-0.3, -0.25) is 18.6 Å². The molecule has 29 heavy (non-hydrogen) atoms. The van der Waals surface area contributed by atoms with Crippen molar-refractivity contribution in [2.75, 3.05) is 49.4 Å². The van der Waals surface area contributed by atoms with Crippen LogP contribution in [0.1, 0.15) is 27.7 Å². The third kappa shape index (κ3) is 18.9. The van der Waals surface area contributed by atoms with E-state index in [1.54, 1.807) is 27.7 Å². The summed E-state index contributed by atoms with van der Waals surface area (Å²) >= 11 is 0. The summed E-state index contributed by atoms with van der Waals surface area (Å²) in [5, 5.41) is 0. The number of carbonyl (C=O) groups is 2. The predicted octanol–water partition coefficient (Wildman–Crippen LogP) is 4.28. The van der Waals surface area contributed by atoms with Crippen molar-refractivity contribution in [1.82, 2.24) is 0 Å². The Balaban J connectivity index is 3.50. The molecule has 0 saturated carbocycles. The summed E-state index contributed by atoms with van der Waals surface area (Å²) in [6.07, 6.45) is 0. The van der Waals surface area contributed by atoms with Crippen LogP contribution in [0.5, 0.6) is 0 Å². The van der Waals surface area contributed by atoms with E-state index in [1.165, 1.54) is 43.2 Å². The van der Waals surface area contributed by atoms with Crippen LogP contribution in [0.3, 0.4) is 0 Å². The molecular weight excluding hydrogens is 479 g/mol.